The highest BCUT2D eigenvalue weighted by molar-refractivity contribution is 14.1. The highest BCUT2D eigenvalue weighted by Gasteiger charge is 2.23. The molecule has 0 radical (unpaired) electrons. The van der Waals surface area contributed by atoms with Crippen molar-refractivity contribution in [2.24, 2.45) is 0 Å². The molecule has 0 spiro atoms. The lowest BCUT2D eigenvalue weighted by molar-refractivity contribution is 0.102. The average molecular weight is 515 g/mol. The summed E-state index contributed by atoms with van der Waals surface area (Å²) < 4.78 is 17.3. The van der Waals surface area contributed by atoms with E-state index in [1.165, 1.54) is 0 Å². The first-order valence-electron chi connectivity index (χ1n) is 9.25. The van der Waals surface area contributed by atoms with Crippen molar-refractivity contribution in [1.29, 1.82) is 0 Å². The van der Waals surface area contributed by atoms with Gasteiger partial charge in [-0.05, 0) is 65.1 Å². The Morgan fingerprint density at radius 3 is 2.27 bits per heavy atom. The summed E-state index contributed by atoms with van der Waals surface area (Å²) >= 11 is 2.11. The molecule has 1 heterocycles. The largest absolute Gasteiger partial charge is 0.497 e. The molecule has 4 rings (SSSR count). The fourth-order valence-corrected chi connectivity index (χ4v) is 3.75. The molecule has 0 aromatic heterocycles. The molecular formula is C23H18INO5. The number of amides is 1. The summed E-state index contributed by atoms with van der Waals surface area (Å²) in [5, 5.41) is 2.87. The van der Waals surface area contributed by atoms with Gasteiger partial charge in [-0.25, -0.2) is 0 Å². The molecule has 0 atom stereocenters. The topological polar surface area (TPSA) is 73.9 Å². The van der Waals surface area contributed by atoms with Crippen LogP contribution in [0.4, 0.5) is 5.69 Å². The van der Waals surface area contributed by atoms with Gasteiger partial charge in [0.1, 0.15) is 19.0 Å². The van der Waals surface area contributed by atoms with E-state index in [9.17, 15) is 9.59 Å². The molecule has 30 heavy (non-hydrogen) atoms. The van der Waals surface area contributed by atoms with Gasteiger partial charge in [0.05, 0.1) is 23.9 Å². The first kappa shape index (κ1) is 20.2. The molecule has 1 aliphatic rings. The van der Waals surface area contributed by atoms with Crippen molar-refractivity contribution in [2.45, 2.75) is 0 Å². The molecule has 0 unspecified atom stereocenters. The van der Waals surface area contributed by atoms with Gasteiger partial charge >= 0.3 is 0 Å². The zero-order valence-corrected chi connectivity index (χ0v) is 18.3. The van der Waals surface area contributed by atoms with Crippen molar-refractivity contribution in [3.8, 4) is 17.2 Å². The summed E-state index contributed by atoms with van der Waals surface area (Å²) in [4.78, 5) is 26.1. The second-order valence-electron chi connectivity index (χ2n) is 6.53. The van der Waals surface area contributed by atoms with Crippen LogP contribution in [-0.4, -0.2) is 32.0 Å². The van der Waals surface area contributed by atoms with Gasteiger partial charge in [-0.2, -0.15) is 0 Å². The SMILES string of the molecule is COc1ccc(C(=O)c2cc3c(cc2NC(=O)c2ccccc2I)OCCO3)cc1. The minimum Gasteiger partial charge on any atom is -0.497 e. The molecule has 1 aliphatic heterocycles. The van der Waals surface area contributed by atoms with Crippen LogP contribution in [0, 0.1) is 3.57 Å². The lowest BCUT2D eigenvalue weighted by atomic mass is 10.00. The summed E-state index contributed by atoms with van der Waals surface area (Å²) in [5.41, 5.74) is 1.68. The van der Waals surface area contributed by atoms with Crippen LogP contribution in [0.25, 0.3) is 0 Å². The molecule has 0 fully saturated rings. The fraction of sp³-hybridized carbons (Fsp3) is 0.130. The Hall–Kier alpha value is -3.07. The third kappa shape index (κ3) is 4.11. The van der Waals surface area contributed by atoms with Crippen LogP contribution >= 0.6 is 22.6 Å². The summed E-state index contributed by atoms with van der Waals surface area (Å²) in [6.45, 7) is 0.805. The second-order valence-corrected chi connectivity index (χ2v) is 7.70. The van der Waals surface area contributed by atoms with E-state index in [0.717, 1.165) is 3.57 Å². The minimum atomic E-state index is -0.305. The van der Waals surface area contributed by atoms with Gasteiger partial charge in [0.15, 0.2) is 17.3 Å². The van der Waals surface area contributed by atoms with Crippen LogP contribution in [0.5, 0.6) is 17.2 Å². The molecule has 0 aliphatic carbocycles. The smallest absolute Gasteiger partial charge is 0.256 e. The van der Waals surface area contributed by atoms with Crippen molar-refractivity contribution in [1.82, 2.24) is 0 Å². The van der Waals surface area contributed by atoms with Crippen LogP contribution in [0.2, 0.25) is 0 Å². The summed E-state index contributed by atoms with van der Waals surface area (Å²) in [6.07, 6.45) is 0. The van der Waals surface area contributed by atoms with Gasteiger partial charge < -0.3 is 19.5 Å². The van der Waals surface area contributed by atoms with E-state index in [1.54, 1.807) is 55.6 Å². The Kier molecular flexibility index (Phi) is 5.89. The number of hydrogen-bond donors (Lipinski definition) is 1. The maximum atomic E-state index is 13.2. The van der Waals surface area contributed by atoms with Crippen LogP contribution < -0.4 is 19.5 Å². The van der Waals surface area contributed by atoms with E-state index in [4.69, 9.17) is 14.2 Å². The summed E-state index contributed by atoms with van der Waals surface area (Å²) in [6, 6.07) is 17.3. The van der Waals surface area contributed by atoms with Gasteiger partial charge in [-0.15, -0.1) is 0 Å². The number of rotatable bonds is 5. The Balaban J connectivity index is 1.73. The number of carbonyl (C=O) groups is 2. The third-order valence-electron chi connectivity index (χ3n) is 4.65. The van der Waals surface area contributed by atoms with E-state index in [-0.39, 0.29) is 11.7 Å². The first-order chi connectivity index (χ1) is 14.6. The van der Waals surface area contributed by atoms with Crippen LogP contribution in [0.3, 0.4) is 0 Å². The van der Waals surface area contributed by atoms with E-state index in [1.807, 2.05) is 12.1 Å². The lowest BCUT2D eigenvalue weighted by Crippen LogP contribution is -2.19. The monoisotopic (exact) mass is 515 g/mol. The van der Waals surface area contributed by atoms with Gasteiger partial charge in [0.2, 0.25) is 0 Å². The minimum absolute atomic E-state index is 0.243. The summed E-state index contributed by atoms with van der Waals surface area (Å²) in [5.74, 6) is 1.07. The lowest BCUT2D eigenvalue weighted by Gasteiger charge is -2.21. The van der Waals surface area contributed by atoms with Crippen molar-refractivity contribution in [3.63, 3.8) is 0 Å². The van der Waals surface area contributed by atoms with Crippen LogP contribution in [0.1, 0.15) is 26.3 Å². The van der Waals surface area contributed by atoms with Crippen molar-refractivity contribution < 1.29 is 23.8 Å². The molecule has 0 bridgehead atoms. The van der Waals surface area contributed by atoms with E-state index in [0.29, 0.717) is 52.8 Å². The van der Waals surface area contributed by atoms with Gasteiger partial charge in [-0.3, -0.25) is 9.59 Å². The molecule has 6 nitrogen and oxygen atoms in total. The molecule has 0 saturated heterocycles. The Morgan fingerprint density at radius 2 is 1.60 bits per heavy atom. The Bertz CT molecular complexity index is 1110. The number of anilines is 1. The van der Waals surface area contributed by atoms with Gasteiger partial charge in [0, 0.05) is 15.2 Å². The zero-order valence-electron chi connectivity index (χ0n) is 16.1. The number of ketones is 1. The predicted molar refractivity (Wildman–Crippen MR) is 121 cm³/mol. The summed E-state index contributed by atoms with van der Waals surface area (Å²) in [7, 11) is 1.57. The first-order valence-corrected chi connectivity index (χ1v) is 10.3. The van der Waals surface area contributed by atoms with E-state index in [2.05, 4.69) is 27.9 Å². The van der Waals surface area contributed by atoms with Crippen molar-refractivity contribution in [3.05, 3.63) is 80.9 Å². The highest BCUT2D eigenvalue weighted by atomic mass is 127. The number of fused-ring (bicyclic) bond motifs is 1. The van der Waals surface area contributed by atoms with Gasteiger partial charge in [0.25, 0.3) is 5.91 Å². The average Bonchev–Trinajstić information content (AvgIpc) is 2.78. The van der Waals surface area contributed by atoms with E-state index < -0.39 is 0 Å². The van der Waals surface area contributed by atoms with Crippen molar-refractivity contribution in [2.75, 3.05) is 25.6 Å². The quantitative estimate of drug-likeness (QED) is 0.399. The Labute approximate surface area is 187 Å². The maximum absolute atomic E-state index is 13.2. The number of halogens is 1. The molecule has 1 amide bonds. The number of ether oxygens (including phenoxy) is 3. The normalized spacial score (nSPS) is 12.2. The zero-order chi connectivity index (χ0) is 21.1. The number of methoxy groups -OCH3 is 1. The fourth-order valence-electron chi connectivity index (χ4n) is 3.11. The van der Waals surface area contributed by atoms with Crippen LogP contribution in [0.15, 0.2) is 60.7 Å². The number of nitrogens with one attached hydrogen (secondary N) is 1. The highest BCUT2D eigenvalue weighted by Crippen LogP contribution is 2.37. The Morgan fingerprint density at radius 1 is 0.933 bits per heavy atom. The molecule has 3 aromatic rings. The standard InChI is InChI=1S/C23H18INO5/c1-28-15-8-6-14(7-9-15)22(26)17-12-20-21(30-11-10-29-20)13-19(17)25-23(27)16-4-2-3-5-18(16)24/h2-9,12-13H,10-11H2,1H3,(H,25,27). The molecular weight excluding hydrogens is 497 g/mol. The molecule has 7 heteroatoms. The van der Waals surface area contributed by atoms with Crippen LogP contribution in [-0.2, 0) is 0 Å². The number of hydrogen-bond acceptors (Lipinski definition) is 5. The van der Waals surface area contributed by atoms with Crippen molar-refractivity contribution >= 4 is 40.0 Å². The number of carbonyl (C=O) groups excluding carboxylic acids is 2. The number of benzene rings is 3. The molecule has 1 N–H and O–H groups in total. The molecule has 3 aromatic carbocycles. The molecule has 152 valence electrons. The predicted octanol–water partition coefficient (Wildman–Crippen LogP) is 4.55. The van der Waals surface area contributed by atoms with E-state index >= 15 is 0 Å². The second kappa shape index (κ2) is 8.74. The maximum Gasteiger partial charge on any atom is 0.256 e. The molecule has 0 saturated carbocycles. The van der Waals surface area contributed by atoms with Gasteiger partial charge in [-0.1, -0.05) is 12.1 Å². The third-order valence-corrected chi connectivity index (χ3v) is 5.59.